The first-order valence-electron chi connectivity index (χ1n) is 5.73. The summed E-state index contributed by atoms with van der Waals surface area (Å²) in [5.74, 6) is 0. The van der Waals surface area contributed by atoms with E-state index in [0.29, 0.717) is 0 Å². The van der Waals surface area contributed by atoms with Crippen molar-refractivity contribution in [3.8, 4) is 0 Å². The van der Waals surface area contributed by atoms with E-state index in [1.54, 1.807) is 0 Å². The standard InChI is InChI=1S/C11H19BBr2N2/c1-10(2,3)15-6-7-16-9(15)12(13,14)8-11(16,4)5/h6-7H,8H2,1-5H3. The highest BCUT2D eigenvalue weighted by Crippen LogP contribution is 2.37. The molecule has 1 aliphatic heterocycles. The van der Waals surface area contributed by atoms with E-state index in [9.17, 15) is 0 Å². The lowest BCUT2D eigenvalue weighted by Gasteiger charge is -2.24. The lowest BCUT2D eigenvalue weighted by molar-refractivity contribution is -0.732. The average Bonchev–Trinajstić information content (AvgIpc) is 2.49. The predicted molar refractivity (Wildman–Crippen MR) is 77.0 cm³/mol. The highest BCUT2D eigenvalue weighted by atomic mass is 79.9. The maximum Gasteiger partial charge on any atom is 0.248 e. The largest absolute Gasteiger partial charge is 0.325 e. The van der Waals surface area contributed by atoms with Crippen molar-refractivity contribution in [3.05, 3.63) is 12.4 Å². The molecular weight excluding hydrogens is 331 g/mol. The molecule has 5 heteroatoms. The van der Waals surface area contributed by atoms with E-state index in [1.807, 2.05) is 0 Å². The van der Waals surface area contributed by atoms with Crippen LogP contribution in [-0.2, 0) is 11.1 Å². The van der Waals surface area contributed by atoms with Crippen LogP contribution >= 0.6 is 31.5 Å². The van der Waals surface area contributed by atoms with E-state index in [1.165, 1.54) is 5.72 Å². The smallest absolute Gasteiger partial charge is 0.248 e. The van der Waals surface area contributed by atoms with Crippen molar-refractivity contribution in [3.63, 3.8) is 0 Å². The van der Waals surface area contributed by atoms with Gasteiger partial charge in [-0.1, -0.05) is 0 Å². The van der Waals surface area contributed by atoms with Gasteiger partial charge in [-0.25, -0.2) is 0 Å². The van der Waals surface area contributed by atoms with E-state index in [4.69, 9.17) is 0 Å². The minimum atomic E-state index is -0.802. The molecule has 0 radical (unpaired) electrons. The summed E-state index contributed by atoms with van der Waals surface area (Å²) < 4.78 is 3.95. The quantitative estimate of drug-likeness (QED) is 0.503. The molecule has 1 aromatic heterocycles. The molecule has 0 spiro atoms. The normalized spacial score (nSPS) is 22.2. The molecule has 2 nitrogen and oxygen atoms in total. The molecular formula is C11H19BBr2N2. The molecule has 0 amide bonds. The predicted octanol–water partition coefficient (Wildman–Crippen LogP) is 2.72. The summed E-state index contributed by atoms with van der Waals surface area (Å²) in [5.41, 5.74) is 1.66. The zero-order valence-corrected chi connectivity index (χ0v) is 13.8. The summed E-state index contributed by atoms with van der Waals surface area (Å²) in [5, 5.41) is 0. The van der Waals surface area contributed by atoms with Crippen LogP contribution in [0.2, 0.25) is 6.32 Å². The van der Waals surface area contributed by atoms with Crippen LogP contribution in [0, 0.1) is 0 Å². The number of hydrogen-bond donors (Lipinski definition) is 0. The summed E-state index contributed by atoms with van der Waals surface area (Å²) in [4.78, 5) is 0. The third-order valence-corrected chi connectivity index (χ3v) is 4.83. The zero-order valence-electron chi connectivity index (χ0n) is 10.6. The molecule has 0 bridgehead atoms. The fraction of sp³-hybridized carbons (Fsp3) is 0.727. The van der Waals surface area contributed by atoms with Gasteiger partial charge in [0.1, 0.15) is 12.4 Å². The molecule has 0 aromatic carbocycles. The maximum absolute atomic E-state index is 3.88. The van der Waals surface area contributed by atoms with Gasteiger partial charge in [-0.2, -0.15) is 0 Å². The Morgan fingerprint density at radius 3 is 2.44 bits per heavy atom. The molecule has 90 valence electrons. The fourth-order valence-electron chi connectivity index (χ4n) is 2.71. The Morgan fingerprint density at radius 1 is 1.38 bits per heavy atom. The van der Waals surface area contributed by atoms with Crippen LogP contribution in [0.15, 0.2) is 12.4 Å². The molecule has 1 aliphatic rings. The van der Waals surface area contributed by atoms with Crippen LogP contribution in [0.5, 0.6) is 0 Å². The maximum atomic E-state index is 3.88. The number of rotatable bonds is 0. The van der Waals surface area contributed by atoms with Crippen LogP contribution < -0.4 is 10.3 Å². The summed E-state index contributed by atoms with van der Waals surface area (Å²) in [6, 6.07) is 0. The summed E-state index contributed by atoms with van der Waals surface area (Å²) in [6.45, 7) is 11.3. The summed E-state index contributed by atoms with van der Waals surface area (Å²) >= 11 is 7.75. The molecule has 0 fully saturated rings. The van der Waals surface area contributed by atoms with Gasteiger partial charge in [-0.05, 0) is 34.6 Å². The van der Waals surface area contributed by atoms with Crippen LogP contribution in [0.4, 0.5) is 0 Å². The number of nitrogens with zero attached hydrogens (tertiary/aromatic N) is 2. The second kappa shape index (κ2) is 3.38. The average molecular weight is 350 g/mol. The Labute approximate surface area is 114 Å². The molecule has 16 heavy (non-hydrogen) atoms. The van der Waals surface area contributed by atoms with E-state index in [-0.39, 0.29) is 11.1 Å². The fourth-order valence-corrected chi connectivity index (χ4v) is 5.17. The van der Waals surface area contributed by atoms with Crippen LogP contribution in [0.25, 0.3) is 0 Å². The first-order valence-corrected chi connectivity index (χ1v) is 7.56. The van der Waals surface area contributed by atoms with Gasteiger partial charge < -0.3 is 31.5 Å². The van der Waals surface area contributed by atoms with E-state index in [2.05, 4.69) is 87.7 Å². The van der Waals surface area contributed by atoms with Crippen molar-refractivity contribution in [1.82, 2.24) is 4.57 Å². The molecule has 0 N–H and O–H groups in total. The van der Waals surface area contributed by atoms with Crippen molar-refractivity contribution in [1.29, 1.82) is 0 Å². The second-order valence-corrected chi connectivity index (χ2v) is 10.8. The molecule has 0 saturated carbocycles. The van der Waals surface area contributed by atoms with Crippen LogP contribution in [-0.4, -0.2) is 8.36 Å². The van der Waals surface area contributed by atoms with Gasteiger partial charge in [-0.15, -0.1) is 6.32 Å². The van der Waals surface area contributed by atoms with Gasteiger partial charge in [0.15, 0.2) is 0 Å². The number of aromatic nitrogens is 2. The molecule has 0 atom stereocenters. The molecule has 0 aliphatic carbocycles. The van der Waals surface area contributed by atoms with Gasteiger partial charge in [-0.3, -0.25) is 9.13 Å². The SMILES string of the molecule is CC(C)(C)n1cc[n+]2c1[B-](Br)(Br)CC2(C)C. The molecule has 2 rings (SSSR count). The third kappa shape index (κ3) is 1.80. The van der Waals surface area contributed by atoms with Crippen molar-refractivity contribution in [2.75, 3.05) is 0 Å². The minimum absolute atomic E-state index is 0.121. The summed E-state index contributed by atoms with van der Waals surface area (Å²) in [6.07, 6.45) is 5.50. The third-order valence-electron chi connectivity index (χ3n) is 3.37. The van der Waals surface area contributed by atoms with Gasteiger partial charge in [0.2, 0.25) is 3.79 Å². The Hall–Kier alpha value is 0.235. The Kier molecular flexibility index (Phi) is 2.68. The van der Waals surface area contributed by atoms with Crippen LogP contribution in [0.1, 0.15) is 34.6 Å². The first-order chi connectivity index (χ1) is 7.06. The number of fused-ring (bicyclic) bond motifs is 1. The van der Waals surface area contributed by atoms with E-state index in [0.717, 1.165) is 6.32 Å². The van der Waals surface area contributed by atoms with Gasteiger partial charge >= 0.3 is 0 Å². The van der Waals surface area contributed by atoms with Crippen molar-refractivity contribution in [2.24, 2.45) is 0 Å². The van der Waals surface area contributed by atoms with Gasteiger partial charge in [0, 0.05) is 0 Å². The van der Waals surface area contributed by atoms with Crippen molar-refractivity contribution < 1.29 is 4.57 Å². The van der Waals surface area contributed by atoms with Gasteiger partial charge in [0.05, 0.1) is 16.8 Å². The second-order valence-electron chi connectivity index (χ2n) is 6.40. The van der Waals surface area contributed by atoms with Crippen LogP contribution in [0.3, 0.4) is 0 Å². The number of imidazole rings is 1. The topological polar surface area (TPSA) is 8.81 Å². The van der Waals surface area contributed by atoms with E-state index < -0.39 is 3.79 Å². The zero-order chi connectivity index (χ0) is 12.4. The minimum Gasteiger partial charge on any atom is -0.325 e. The summed E-state index contributed by atoms with van der Waals surface area (Å²) in [7, 11) is 0. The number of hydrogen-bond acceptors (Lipinski definition) is 0. The lowest BCUT2D eigenvalue weighted by Crippen LogP contribution is -2.59. The highest BCUT2D eigenvalue weighted by molar-refractivity contribution is 9.51. The van der Waals surface area contributed by atoms with E-state index >= 15 is 0 Å². The highest BCUT2D eigenvalue weighted by Gasteiger charge is 2.49. The lowest BCUT2D eigenvalue weighted by atomic mass is 9.69. The Bertz CT molecular complexity index is 430. The van der Waals surface area contributed by atoms with Crippen molar-refractivity contribution in [2.45, 2.75) is 52.0 Å². The Balaban J connectivity index is 2.67. The first kappa shape index (κ1) is 12.7. The molecule has 1 aromatic rings. The molecule has 2 heterocycles. The molecule has 0 saturated heterocycles. The monoisotopic (exact) mass is 348 g/mol. The van der Waals surface area contributed by atoms with Gasteiger partial charge in [0.25, 0.3) is 0 Å². The number of halogens is 2. The Morgan fingerprint density at radius 2 is 1.94 bits per heavy atom. The van der Waals surface area contributed by atoms with Crippen molar-refractivity contribution >= 4 is 41.0 Å². The molecule has 0 unspecified atom stereocenters.